The van der Waals surface area contributed by atoms with E-state index in [1.165, 1.54) is 0 Å². The van der Waals surface area contributed by atoms with Gasteiger partial charge < -0.3 is 13.9 Å². The Labute approximate surface area is 73.5 Å². The van der Waals surface area contributed by atoms with Crippen molar-refractivity contribution < 1.29 is 13.9 Å². The van der Waals surface area contributed by atoms with Crippen LogP contribution < -0.4 is 0 Å². The average Bonchev–Trinajstić information content (AvgIpc) is 1.99. The van der Waals surface area contributed by atoms with Crippen molar-refractivity contribution in [1.29, 1.82) is 0 Å². The van der Waals surface area contributed by atoms with E-state index in [1.54, 1.807) is 11.8 Å². The number of hydrogen-bond donors (Lipinski definition) is 1. The highest BCUT2D eigenvalue weighted by molar-refractivity contribution is 7.99. The molecule has 0 rings (SSSR count). The van der Waals surface area contributed by atoms with E-state index in [0.29, 0.717) is 13.2 Å². The van der Waals surface area contributed by atoms with Gasteiger partial charge in [-0.05, 0) is 12.7 Å². The maximum Gasteiger partial charge on any atom is 0.329 e. The molecule has 0 bridgehead atoms. The van der Waals surface area contributed by atoms with Crippen LogP contribution in [0.1, 0.15) is 13.8 Å². The number of thioether (sulfide) groups is 1. The van der Waals surface area contributed by atoms with Crippen LogP contribution in [0.5, 0.6) is 0 Å². The van der Waals surface area contributed by atoms with Crippen LogP contribution in [0.15, 0.2) is 0 Å². The van der Waals surface area contributed by atoms with E-state index in [2.05, 4.69) is 6.92 Å². The number of hydrogen-bond acceptors (Lipinski definition) is 4. The maximum atomic E-state index is 8.96. The molecule has 5 heteroatoms. The van der Waals surface area contributed by atoms with Crippen molar-refractivity contribution in [3.05, 3.63) is 0 Å². The Kier molecular flexibility index (Phi) is 9.28. The first kappa shape index (κ1) is 11.7. The minimum atomic E-state index is -1.61. The summed E-state index contributed by atoms with van der Waals surface area (Å²) < 4.78 is 9.77. The van der Waals surface area contributed by atoms with Gasteiger partial charge in [0, 0.05) is 5.75 Å². The fourth-order valence-electron chi connectivity index (χ4n) is 0.466. The monoisotopic (exact) mass is 198 g/mol. The third-order valence-corrected chi connectivity index (χ3v) is 2.62. The van der Waals surface area contributed by atoms with Crippen molar-refractivity contribution in [3.63, 3.8) is 0 Å². The van der Waals surface area contributed by atoms with Crippen molar-refractivity contribution in [2.45, 2.75) is 13.8 Å². The van der Waals surface area contributed by atoms with Gasteiger partial charge in [-0.15, -0.1) is 0 Å². The zero-order valence-electron chi connectivity index (χ0n) is 6.95. The topological polar surface area (TPSA) is 38.7 Å². The smallest absolute Gasteiger partial charge is 0.328 e. The molecule has 0 radical (unpaired) electrons. The third-order valence-electron chi connectivity index (χ3n) is 0.873. The van der Waals surface area contributed by atoms with Crippen LogP contribution in [0.4, 0.5) is 0 Å². The third kappa shape index (κ3) is 8.57. The lowest BCUT2D eigenvalue weighted by molar-refractivity contribution is 0.217. The Morgan fingerprint density at radius 3 is 2.64 bits per heavy atom. The van der Waals surface area contributed by atoms with Crippen LogP contribution in [0.2, 0.25) is 0 Å². The highest BCUT2D eigenvalue weighted by atomic mass is 32.2. The fraction of sp³-hybridized carbons (Fsp3) is 1.00. The molecule has 0 amide bonds. The molecule has 0 aromatic rings. The summed E-state index contributed by atoms with van der Waals surface area (Å²) in [5.41, 5.74) is 0. The van der Waals surface area contributed by atoms with Gasteiger partial charge in [-0.25, -0.2) is 0 Å². The van der Waals surface area contributed by atoms with Gasteiger partial charge in [0.05, 0.1) is 13.2 Å². The summed E-state index contributed by atoms with van der Waals surface area (Å²) in [4.78, 5) is 8.96. The molecule has 11 heavy (non-hydrogen) atoms. The maximum absolute atomic E-state index is 8.96. The summed E-state index contributed by atoms with van der Waals surface area (Å²) in [5, 5.41) is 0. The first-order chi connectivity index (χ1) is 5.31. The molecule has 0 aliphatic carbocycles. The van der Waals surface area contributed by atoms with Gasteiger partial charge in [-0.1, -0.05) is 6.92 Å². The molecule has 0 saturated carbocycles. The summed E-state index contributed by atoms with van der Waals surface area (Å²) in [7, 11) is -1.61. The molecule has 1 N–H and O–H groups in total. The minimum Gasteiger partial charge on any atom is -0.328 e. The standard InChI is InChI=1S/C6H15O3PS/c1-3-8-10(7)9-5-6-11-4-2/h7H,3-6H2,1-2H3. The van der Waals surface area contributed by atoms with Crippen LogP contribution in [0.25, 0.3) is 0 Å². The van der Waals surface area contributed by atoms with Crippen LogP contribution >= 0.6 is 20.4 Å². The molecule has 0 aliphatic heterocycles. The largest absolute Gasteiger partial charge is 0.329 e. The second-order valence-corrected chi connectivity index (χ2v) is 4.07. The van der Waals surface area contributed by atoms with E-state index >= 15 is 0 Å². The summed E-state index contributed by atoms with van der Waals surface area (Å²) in [6, 6.07) is 0. The highest BCUT2D eigenvalue weighted by Gasteiger charge is 2.03. The summed E-state index contributed by atoms with van der Waals surface area (Å²) in [5.74, 6) is 2.00. The van der Waals surface area contributed by atoms with Crippen molar-refractivity contribution in [1.82, 2.24) is 0 Å². The molecule has 0 heterocycles. The molecule has 0 aliphatic rings. The predicted molar refractivity (Wildman–Crippen MR) is 49.7 cm³/mol. The Hall–Kier alpha value is 0.660. The van der Waals surface area contributed by atoms with E-state index in [1.807, 2.05) is 6.92 Å². The first-order valence-corrected chi connectivity index (χ1v) is 5.92. The molecule has 1 atom stereocenters. The zero-order chi connectivity index (χ0) is 8.53. The first-order valence-electron chi connectivity index (χ1n) is 3.63. The summed E-state index contributed by atoms with van der Waals surface area (Å²) in [6.07, 6.45) is 0. The van der Waals surface area contributed by atoms with Crippen LogP contribution in [-0.2, 0) is 9.05 Å². The van der Waals surface area contributed by atoms with Crippen LogP contribution in [0, 0.1) is 0 Å². The van der Waals surface area contributed by atoms with E-state index in [9.17, 15) is 0 Å². The van der Waals surface area contributed by atoms with Crippen molar-refractivity contribution in [2.75, 3.05) is 24.7 Å². The lowest BCUT2D eigenvalue weighted by Crippen LogP contribution is -1.95. The minimum absolute atomic E-state index is 0.503. The van der Waals surface area contributed by atoms with E-state index < -0.39 is 8.60 Å². The number of rotatable bonds is 7. The lowest BCUT2D eigenvalue weighted by atomic mass is 10.9. The summed E-state index contributed by atoms with van der Waals surface area (Å²) in [6.45, 7) is 4.99. The fourth-order valence-corrected chi connectivity index (χ4v) is 1.62. The molecule has 0 spiro atoms. The zero-order valence-corrected chi connectivity index (χ0v) is 8.66. The quantitative estimate of drug-likeness (QED) is 0.501. The van der Waals surface area contributed by atoms with Gasteiger partial charge in [0.25, 0.3) is 0 Å². The van der Waals surface area contributed by atoms with Gasteiger partial charge in [0.1, 0.15) is 0 Å². The van der Waals surface area contributed by atoms with Crippen LogP contribution in [-0.4, -0.2) is 29.6 Å². The Bertz CT molecular complexity index is 84.2. The molecule has 0 aromatic heterocycles. The van der Waals surface area contributed by atoms with E-state index in [0.717, 1.165) is 11.5 Å². The molecule has 0 saturated heterocycles. The Morgan fingerprint density at radius 2 is 2.09 bits per heavy atom. The molecule has 68 valence electrons. The van der Waals surface area contributed by atoms with Crippen molar-refractivity contribution in [2.24, 2.45) is 0 Å². The second-order valence-electron chi connectivity index (χ2n) is 1.69. The van der Waals surface area contributed by atoms with E-state index in [4.69, 9.17) is 13.9 Å². The molecule has 3 nitrogen and oxygen atoms in total. The van der Waals surface area contributed by atoms with E-state index in [-0.39, 0.29) is 0 Å². The SMILES string of the molecule is CCOP(O)OCCSCC. The highest BCUT2D eigenvalue weighted by Crippen LogP contribution is 2.32. The molecule has 1 unspecified atom stereocenters. The van der Waals surface area contributed by atoms with Crippen LogP contribution in [0.3, 0.4) is 0 Å². The van der Waals surface area contributed by atoms with Gasteiger partial charge in [-0.2, -0.15) is 11.8 Å². The van der Waals surface area contributed by atoms with Gasteiger partial charge in [-0.3, -0.25) is 0 Å². The van der Waals surface area contributed by atoms with Crippen molar-refractivity contribution >= 4 is 20.4 Å². The Morgan fingerprint density at radius 1 is 1.36 bits per heavy atom. The molecule has 0 aromatic carbocycles. The Balaban J connectivity index is 2.97. The summed E-state index contributed by atoms with van der Waals surface area (Å²) >= 11 is 1.79. The van der Waals surface area contributed by atoms with Gasteiger partial charge in [0.2, 0.25) is 0 Å². The average molecular weight is 198 g/mol. The second kappa shape index (κ2) is 8.75. The molecular formula is C6H15O3PS. The predicted octanol–water partition coefficient (Wildman–Crippen LogP) is 2.01. The van der Waals surface area contributed by atoms with Gasteiger partial charge in [0.15, 0.2) is 0 Å². The lowest BCUT2D eigenvalue weighted by Gasteiger charge is -2.07. The van der Waals surface area contributed by atoms with Crippen molar-refractivity contribution in [3.8, 4) is 0 Å². The normalized spacial score (nSPS) is 13.4. The molecular weight excluding hydrogens is 183 g/mol. The van der Waals surface area contributed by atoms with Gasteiger partial charge >= 0.3 is 8.60 Å². The molecule has 0 fully saturated rings.